The number of carbonyl (C=O) groups is 1. The van der Waals surface area contributed by atoms with Crippen molar-refractivity contribution >= 4 is 17.5 Å². The monoisotopic (exact) mass is 438 g/mol. The van der Waals surface area contributed by atoms with Gasteiger partial charge in [-0.05, 0) is 31.0 Å². The molecule has 2 heterocycles. The Bertz CT molecular complexity index is 931. The van der Waals surface area contributed by atoms with E-state index >= 15 is 0 Å². The van der Waals surface area contributed by atoms with Gasteiger partial charge in [-0.25, -0.2) is 4.98 Å². The molecule has 0 amide bonds. The van der Waals surface area contributed by atoms with E-state index in [1.807, 2.05) is 0 Å². The molecular formula is C20H21F3N4O4. The minimum atomic E-state index is -4.54. The lowest BCUT2D eigenvalue weighted by molar-refractivity contribution is -0.148. The Kier molecular flexibility index (Phi) is 7.03. The summed E-state index contributed by atoms with van der Waals surface area (Å²) in [6.45, 7) is 2.46. The first-order valence-electron chi connectivity index (χ1n) is 9.73. The summed E-state index contributed by atoms with van der Waals surface area (Å²) in [5.74, 6) is -0.484. The van der Waals surface area contributed by atoms with Crippen LogP contribution in [0.5, 0.6) is 5.88 Å². The fourth-order valence-corrected chi connectivity index (χ4v) is 3.43. The van der Waals surface area contributed by atoms with E-state index in [9.17, 15) is 22.9 Å². The summed E-state index contributed by atoms with van der Waals surface area (Å²) < 4.78 is 50.0. The van der Waals surface area contributed by atoms with Crippen molar-refractivity contribution < 1.29 is 27.4 Å². The third-order valence-electron chi connectivity index (χ3n) is 4.96. The fraction of sp³-hybridized carbons (Fsp3) is 0.450. The van der Waals surface area contributed by atoms with Gasteiger partial charge < -0.3 is 14.4 Å². The third kappa shape index (κ3) is 5.28. The molecule has 1 aromatic carbocycles. The predicted molar refractivity (Wildman–Crippen MR) is 105 cm³/mol. The van der Waals surface area contributed by atoms with E-state index in [4.69, 9.17) is 9.47 Å². The number of anilines is 1. The lowest BCUT2D eigenvalue weighted by Crippen LogP contribution is -2.37. The summed E-state index contributed by atoms with van der Waals surface area (Å²) in [5, 5.41) is 2.96. The highest BCUT2D eigenvalue weighted by atomic mass is 19.4. The summed E-state index contributed by atoms with van der Waals surface area (Å²) in [6, 6.07) is 5.00. The van der Waals surface area contributed by atoms with Crippen LogP contribution in [0.15, 0.2) is 35.8 Å². The Hall–Kier alpha value is -3.24. The minimum Gasteiger partial charge on any atom is -0.471 e. The maximum Gasteiger partial charge on any atom is 0.416 e. The van der Waals surface area contributed by atoms with Gasteiger partial charge in [-0.1, -0.05) is 18.2 Å². The van der Waals surface area contributed by atoms with Gasteiger partial charge in [-0.3, -0.25) is 4.79 Å². The van der Waals surface area contributed by atoms with E-state index in [-0.39, 0.29) is 34.8 Å². The van der Waals surface area contributed by atoms with Gasteiger partial charge in [0, 0.05) is 18.7 Å². The zero-order valence-corrected chi connectivity index (χ0v) is 16.8. The molecule has 31 heavy (non-hydrogen) atoms. The molecule has 0 radical (unpaired) electrons. The molecule has 0 aliphatic carbocycles. The van der Waals surface area contributed by atoms with Crippen LogP contribution in [-0.2, 0) is 22.3 Å². The van der Waals surface area contributed by atoms with Gasteiger partial charge in [-0.2, -0.15) is 18.2 Å². The Morgan fingerprint density at radius 2 is 1.94 bits per heavy atom. The van der Waals surface area contributed by atoms with Crippen molar-refractivity contribution in [3.8, 4) is 5.88 Å². The lowest BCUT2D eigenvalue weighted by Gasteiger charge is -2.32. The smallest absolute Gasteiger partial charge is 0.416 e. The maximum atomic E-state index is 13.2. The number of alkyl halides is 3. The number of ether oxygens (including phenoxy) is 2. The van der Waals surface area contributed by atoms with Gasteiger partial charge in [0.15, 0.2) is 5.82 Å². The van der Waals surface area contributed by atoms with Crippen LogP contribution in [0.2, 0.25) is 0 Å². The number of benzene rings is 1. The van der Waals surface area contributed by atoms with Gasteiger partial charge in [-0.15, -0.1) is 4.91 Å². The van der Waals surface area contributed by atoms with Crippen LogP contribution in [0.3, 0.4) is 0 Å². The van der Waals surface area contributed by atoms with Gasteiger partial charge in [0.05, 0.1) is 18.1 Å². The average Bonchev–Trinajstić information content (AvgIpc) is 2.77. The van der Waals surface area contributed by atoms with E-state index in [1.165, 1.54) is 18.2 Å². The number of halogens is 3. The average molecular weight is 438 g/mol. The van der Waals surface area contributed by atoms with Crippen LogP contribution in [0.4, 0.5) is 24.7 Å². The van der Waals surface area contributed by atoms with Gasteiger partial charge >= 0.3 is 12.1 Å². The minimum absolute atomic E-state index is 0.0951. The van der Waals surface area contributed by atoms with Crippen LogP contribution in [-0.4, -0.2) is 35.6 Å². The lowest BCUT2D eigenvalue weighted by atomic mass is 9.97. The zero-order chi connectivity index (χ0) is 22.4. The van der Waals surface area contributed by atoms with Gasteiger partial charge in [0.1, 0.15) is 12.9 Å². The molecule has 3 rings (SSSR count). The van der Waals surface area contributed by atoms with Gasteiger partial charge in [0.25, 0.3) is 0 Å². The Labute approximate surface area is 176 Å². The molecule has 0 unspecified atom stereocenters. The van der Waals surface area contributed by atoms with Crippen molar-refractivity contribution in [3.63, 3.8) is 0 Å². The van der Waals surface area contributed by atoms with Crippen molar-refractivity contribution in [2.75, 3.05) is 24.6 Å². The van der Waals surface area contributed by atoms with E-state index in [2.05, 4.69) is 15.1 Å². The number of piperidine rings is 1. The quantitative estimate of drug-likeness (QED) is 0.471. The zero-order valence-electron chi connectivity index (χ0n) is 16.8. The molecule has 11 heteroatoms. The summed E-state index contributed by atoms with van der Waals surface area (Å²) in [7, 11) is 0. The van der Waals surface area contributed by atoms with Crippen LogP contribution in [0.25, 0.3) is 0 Å². The van der Waals surface area contributed by atoms with E-state index in [0.29, 0.717) is 32.5 Å². The number of hydrogen-bond donors (Lipinski definition) is 0. The van der Waals surface area contributed by atoms with Crippen molar-refractivity contribution in [2.24, 2.45) is 11.1 Å². The Morgan fingerprint density at radius 1 is 1.23 bits per heavy atom. The number of aromatic nitrogens is 2. The van der Waals surface area contributed by atoms with E-state index in [0.717, 1.165) is 12.4 Å². The number of esters is 1. The molecule has 2 aromatic rings. The molecule has 0 bridgehead atoms. The standard InChI is InChI=1S/C20H21F3N4O4/c1-2-30-19(28)13-7-9-27(10-8-13)17-16(26-29)18(25-12-24-17)31-11-14-5-3-4-6-15(14)20(21,22)23/h3-6,12-13H,2,7-11H2,1H3. The molecule has 0 N–H and O–H groups in total. The molecule has 0 saturated carbocycles. The highest BCUT2D eigenvalue weighted by molar-refractivity contribution is 5.73. The summed E-state index contributed by atoms with van der Waals surface area (Å²) >= 11 is 0. The largest absolute Gasteiger partial charge is 0.471 e. The number of hydrogen-bond acceptors (Lipinski definition) is 8. The molecule has 1 aliphatic heterocycles. The van der Waals surface area contributed by atoms with Crippen molar-refractivity contribution in [1.29, 1.82) is 0 Å². The fourth-order valence-electron chi connectivity index (χ4n) is 3.43. The van der Waals surface area contributed by atoms with Crippen molar-refractivity contribution in [1.82, 2.24) is 9.97 Å². The second-order valence-corrected chi connectivity index (χ2v) is 6.90. The number of nitrogens with zero attached hydrogens (tertiary/aromatic N) is 4. The molecule has 166 valence electrons. The second-order valence-electron chi connectivity index (χ2n) is 6.90. The molecule has 1 aliphatic rings. The van der Waals surface area contributed by atoms with Crippen LogP contribution in [0.1, 0.15) is 30.9 Å². The Balaban J connectivity index is 1.75. The molecule has 1 saturated heterocycles. The van der Waals surface area contributed by atoms with Crippen LogP contribution in [0, 0.1) is 10.8 Å². The molecule has 0 atom stereocenters. The number of carbonyl (C=O) groups excluding carboxylic acids is 1. The second kappa shape index (κ2) is 9.71. The first-order chi connectivity index (χ1) is 14.8. The Morgan fingerprint density at radius 3 is 2.58 bits per heavy atom. The summed E-state index contributed by atoms with van der Waals surface area (Å²) in [5.41, 5.74) is -1.12. The topological polar surface area (TPSA) is 94.0 Å². The van der Waals surface area contributed by atoms with Gasteiger partial charge in [0.2, 0.25) is 11.6 Å². The molecule has 1 aromatic heterocycles. The number of rotatable bonds is 7. The molecule has 0 spiro atoms. The van der Waals surface area contributed by atoms with E-state index < -0.39 is 18.3 Å². The molecular weight excluding hydrogens is 417 g/mol. The number of nitroso groups, excluding NO2 is 1. The SMILES string of the molecule is CCOC(=O)C1CCN(c2ncnc(OCc3ccccc3C(F)(F)F)c2N=O)CC1. The highest BCUT2D eigenvalue weighted by Gasteiger charge is 2.33. The van der Waals surface area contributed by atoms with Crippen molar-refractivity contribution in [2.45, 2.75) is 32.5 Å². The molecule has 8 nitrogen and oxygen atoms in total. The molecule has 1 fully saturated rings. The predicted octanol–water partition coefficient (Wildman–Crippen LogP) is 4.25. The summed E-state index contributed by atoms with van der Waals surface area (Å²) in [6.07, 6.45) is -2.36. The van der Waals surface area contributed by atoms with Crippen LogP contribution >= 0.6 is 0 Å². The van der Waals surface area contributed by atoms with Crippen molar-refractivity contribution in [3.05, 3.63) is 46.6 Å². The van der Waals surface area contributed by atoms with Crippen LogP contribution < -0.4 is 9.64 Å². The van der Waals surface area contributed by atoms with E-state index in [1.54, 1.807) is 11.8 Å². The highest BCUT2D eigenvalue weighted by Crippen LogP contribution is 2.37. The first kappa shape index (κ1) is 22.4. The maximum absolute atomic E-state index is 13.2. The third-order valence-corrected chi connectivity index (χ3v) is 4.96. The summed E-state index contributed by atoms with van der Waals surface area (Å²) in [4.78, 5) is 33.1. The normalized spacial score (nSPS) is 14.9. The first-order valence-corrected chi connectivity index (χ1v) is 9.73.